The first-order chi connectivity index (χ1) is 8.20. The number of ether oxygens (including phenoxy) is 1. The van der Waals surface area contributed by atoms with E-state index < -0.39 is 0 Å². The molecule has 1 fully saturated rings. The predicted molar refractivity (Wildman–Crippen MR) is 67.7 cm³/mol. The van der Waals surface area contributed by atoms with E-state index in [0.717, 1.165) is 19.4 Å². The lowest BCUT2D eigenvalue weighted by atomic mass is 10.00. The van der Waals surface area contributed by atoms with E-state index in [4.69, 9.17) is 10.5 Å². The van der Waals surface area contributed by atoms with Crippen molar-refractivity contribution < 1.29 is 9.53 Å². The highest BCUT2D eigenvalue weighted by molar-refractivity contribution is 5.81. The van der Waals surface area contributed by atoms with Crippen LogP contribution >= 0.6 is 0 Å². The Bertz CT molecular complexity index is 236. The lowest BCUT2D eigenvalue weighted by molar-refractivity contribution is -0.127. The monoisotopic (exact) mass is 243 g/mol. The van der Waals surface area contributed by atoms with Gasteiger partial charge in [-0.1, -0.05) is 6.42 Å². The number of nitrogens with two attached hydrogens (primary N) is 1. The van der Waals surface area contributed by atoms with Crippen molar-refractivity contribution in [3.63, 3.8) is 0 Å². The van der Waals surface area contributed by atoms with Gasteiger partial charge in [0.15, 0.2) is 0 Å². The van der Waals surface area contributed by atoms with Crippen LogP contribution in [-0.4, -0.2) is 56.2 Å². The molecule has 0 aliphatic carbocycles. The molecule has 0 radical (unpaired) electrons. The third-order valence-corrected chi connectivity index (χ3v) is 3.43. The van der Waals surface area contributed by atoms with Gasteiger partial charge >= 0.3 is 0 Å². The SMILES string of the molecule is COCCNC(=O)C(C)N1CCCCC1CN. The van der Waals surface area contributed by atoms with Crippen molar-refractivity contribution in [1.82, 2.24) is 10.2 Å². The van der Waals surface area contributed by atoms with Gasteiger partial charge in [0, 0.05) is 26.2 Å². The van der Waals surface area contributed by atoms with Crippen LogP contribution in [0.15, 0.2) is 0 Å². The molecule has 0 spiro atoms. The third-order valence-electron chi connectivity index (χ3n) is 3.43. The number of carbonyl (C=O) groups excluding carboxylic acids is 1. The first-order valence-corrected chi connectivity index (χ1v) is 6.43. The summed E-state index contributed by atoms with van der Waals surface area (Å²) in [6.45, 7) is 4.69. The lowest BCUT2D eigenvalue weighted by Gasteiger charge is -2.38. The fourth-order valence-corrected chi connectivity index (χ4v) is 2.36. The molecule has 2 atom stereocenters. The first-order valence-electron chi connectivity index (χ1n) is 6.43. The predicted octanol–water partition coefficient (Wildman–Crippen LogP) is -0.0493. The van der Waals surface area contributed by atoms with E-state index in [2.05, 4.69) is 10.2 Å². The van der Waals surface area contributed by atoms with Crippen LogP contribution in [-0.2, 0) is 9.53 Å². The molecule has 0 aromatic rings. The molecule has 3 N–H and O–H groups in total. The Morgan fingerprint density at radius 2 is 2.35 bits per heavy atom. The maximum Gasteiger partial charge on any atom is 0.237 e. The van der Waals surface area contributed by atoms with Crippen LogP contribution in [0.1, 0.15) is 26.2 Å². The van der Waals surface area contributed by atoms with Crippen LogP contribution in [0, 0.1) is 0 Å². The Hall–Kier alpha value is -0.650. The molecule has 1 saturated heterocycles. The van der Waals surface area contributed by atoms with Crippen LogP contribution in [0.2, 0.25) is 0 Å². The second-order valence-electron chi connectivity index (χ2n) is 4.58. The zero-order valence-electron chi connectivity index (χ0n) is 10.9. The Balaban J connectivity index is 2.42. The Kier molecular flexibility index (Phi) is 6.47. The topological polar surface area (TPSA) is 67.6 Å². The zero-order valence-corrected chi connectivity index (χ0v) is 10.9. The normalized spacial score (nSPS) is 23.4. The molecule has 1 aliphatic heterocycles. The Labute approximate surface area is 104 Å². The smallest absolute Gasteiger partial charge is 0.237 e. The summed E-state index contributed by atoms with van der Waals surface area (Å²) >= 11 is 0. The van der Waals surface area contributed by atoms with Crippen molar-refractivity contribution in [2.45, 2.75) is 38.3 Å². The van der Waals surface area contributed by atoms with E-state index in [-0.39, 0.29) is 11.9 Å². The van der Waals surface area contributed by atoms with Gasteiger partial charge in [-0.05, 0) is 26.3 Å². The van der Waals surface area contributed by atoms with E-state index in [1.165, 1.54) is 6.42 Å². The highest BCUT2D eigenvalue weighted by atomic mass is 16.5. The molecule has 100 valence electrons. The van der Waals surface area contributed by atoms with Crippen molar-refractivity contribution in [3.05, 3.63) is 0 Å². The van der Waals surface area contributed by atoms with E-state index in [9.17, 15) is 4.79 Å². The highest BCUT2D eigenvalue weighted by Crippen LogP contribution is 2.18. The molecule has 5 nitrogen and oxygen atoms in total. The molecule has 17 heavy (non-hydrogen) atoms. The average molecular weight is 243 g/mol. The number of piperidine rings is 1. The Morgan fingerprint density at radius 1 is 1.59 bits per heavy atom. The maximum atomic E-state index is 11.9. The van der Waals surface area contributed by atoms with E-state index in [0.29, 0.717) is 25.7 Å². The number of nitrogens with one attached hydrogen (secondary N) is 1. The van der Waals surface area contributed by atoms with Gasteiger partial charge in [0.05, 0.1) is 12.6 Å². The molecule has 0 aromatic carbocycles. The number of hydrogen-bond acceptors (Lipinski definition) is 4. The van der Waals surface area contributed by atoms with Crippen LogP contribution in [0.3, 0.4) is 0 Å². The van der Waals surface area contributed by atoms with Gasteiger partial charge in [0.25, 0.3) is 0 Å². The summed E-state index contributed by atoms with van der Waals surface area (Å²) in [4.78, 5) is 14.2. The largest absolute Gasteiger partial charge is 0.383 e. The van der Waals surface area contributed by atoms with Crippen molar-refractivity contribution >= 4 is 5.91 Å². The van der Waals surface area contributed by atoms with Crippen molar-refractivity contribution in [2.75, 3.05) is 33.4 Å². The van der Waals surface area contributed by atoms with Gasteiger partial charge in [0.1, 0.15) is 0 Å². The number of carbonyl (C=O) groups is 1. The van der Waals surface area contributed by atoms with E-state index >= 15 is 0 Å². The van der Waals surface area contributed by atoms with Crippen LogP contribution < -0.4 is 11.1 Å². The number of hydrogen-bond donors (Lipinski definition) is 2. The van der Waals surface area contributed by atoms with E-state index in [1.54, 1.807) is 7.11 Å². The Morgan fingerprint density at radius 3 is 3.00 bits per heavy atom. The molecule has 1 rings (SSSR count). The minimum Gasteiger partial charge on any atom is -0.383 e. The van der Waals surface area contributed by atoms with Crippen molar-refractivity contribution in [2.24, 2.45) is 5.73 Å². The molecule has 1 heterocycles. The van der Waals surface area contributed by atoms with Gasteiger partial charge in [-0.3, -0.25) is 9.69 Å². The molecule has 0 aromatic heterocycles. The molecule has 2 unspecified atom stereocenters. The minimum absolute atomic E-state index is 0.0717. The summed E-state index contributed by atoms with van der Waals surface area (Å²) in [6.07, 6.45) is 3.48. The fourth-order valence-electron chi connectivity index (χ4n) is 2.36. The van der Waals surface area contributed by atoms with Gasteiger partial charge < -0.3 is 15.8 Å². The maximum absolute atomic E-state index is 11.9. The number of nitrogens with zero attached hydrogens (tertiary/aromatic N) is 1. The van der Waals surface area contributed by atoms with Gasteiger partial charge in [-0.15, -0.1) is 0 Å². The standard InChI is InChI=1S/C12H25N3O2/c1-10(12(16)14-6-8-17-2)15-7-4-3-5-11(15)9-13/h10-11H,3-9,13H2,1-2H3,(H,14,16). The molecular weight excluding hydrogens is 218 g/mol. The van der Waals surface area contributed by atoms with Gasteiger partial charge in [-0.2, -0.15) is 0 Å². The second kappa shape index (κ2) is 7.63. The van der Waals surface area contributed by atoms with Crippen molar-refractivity contribution in [1.29, 1.82) is 0 Å². The quantitative estimate of drug-likeness (QED) is 0.642. The minimum atomic E-state index is -0.0966. The summed E-state index contributed by atoms with van der Waals surface area (Å²) < 4.78 is 4.91. The zero-order chi connectivity index (χ0) is 12.7. The van der Waals surface area contributed by atoms with Crippen LogP contribution in [0.4, 0.5) is 0 Å². The first kappa shape index (κ1) is 14.4. The van der Waals surface area contributed by atoms with E-state index in [1.807, 2.05) is 6.92 Å². The number of methoxy groups -OCH3 is 1. The van der Waals surface area contributed by atoms with Gasteiger partial charge in [-0.25, -0.2) is 0 Å². The summed E-state index contributed by atoms with van der Waals surface area (Å²) in [7, 11) is 1.63. The van der Waals surface area contributed by atoms with Crippen LogP contribution in [0.25, 0.3) is 0 Å². The summed E-state index contributed by atoms with van der Waals surface area (Å²) in [5.41, 5.74) is 5.76. The van der Waals surface area contributed by atoms with Gasteiger partial charge in [0.2, 0.25) is 5.91 Å². The second-order valence-corrected chi connectivity index (χ2v) is 4.58. The van der Waals surface area contributed by atoms with Crippen LogP contribution in [0.5, 0.6) is 0 Å². The molecule has 5 heteroatoms. The number of likely N-dealkylation sites (tertiary alicyclic amines) is 1. The van der Waals surface area contributed by atoms with Crippen molar-refractivity contribution in [3.8, 4) is 0 Å². The molecule has 1 aliphatic rings. The molecule has 1 amide bonds. The fraction of sp³-hybridized carbons (Fsp3) is 0.917. The highest BCUT2D eigenvalue weighted by Gasteiger charge is 2.29. The lowest BCUT2D eigenvalue weighted by Crippen LogP contribution is -2.54. The summed E-state index contributed by atoms with van der Waals surface area (Å²) in [6, 6.07) is 0.257. The summed E-state index contributed by atoms with van der Waals surface area (Å²) in [5, 5.41) is 2.88. The molecule has 0 saturated carbocycles. The summed E-state index contributed by atoms with van der Waals surface area (Å²) in [5.74, 6) is 0.0717. The molecular formula is C12H25N3O2. The average Bonchev–Trinajstić information content (AvgIpc) is 2.38. The molecule has 0 bridgehead atoms. The third kappa shape index (κ3) is 4.26. The number of amides is 1. The number of rotatable bonds is 6.